The fraction of sp³-hybridized carbons (Fsp3) is 0.800. The van der Waals surface area contributed by atoms with Crippen LogP contribution in [0.15, 0.2) is 4.52 Å². The van der Waals surface area contributed by atoms with Crippen LogP contribution in [0.25, 0.3) is 0 Å². The van der Waals surface area contributed by atoms with Crippen LogP contribution in [-0.4, -0.2) is 23.0 Å². The van der Waals surface area contributed by atoms with Crippen LogP contribution in [0.1, 0.15) is 64.1 Å². The van der Waals surface area contributed by atoms with Crippen LogP contribution in [0.5, 0.6) is 0 Å². The quantitative estimate of drug-likeness (QED) is 0.768. The van der Waals surface area contributed by atoms with Gasteiger partial charge in [0.25, 0.3) is 0 Å². The maximum Gasteiger partial charge on any atom is 0.234 e. The van der Waals surface area contributed by atoms with Crippen LogP contribution in [0.2, 0.25) is 0 Å². The lowest BCUT2D eigenvalue weighted by Gasteiger charge is -2.25. The van der Waals surface area contributed by atoms with Crippen LogP contribution in [0.3, 0.4) is 0 Å². The van der Waals surface area contributed by atoms with Gasteiger partial charge in [-0.05, 0) is 25.7 Å². The zero-order valence-electron chi connectivity index (χ0n) is 12.6. The number of nitrogens with zero attached hydrogens (tertiary/aromatic N) is 2. The Morgan fingerprint density at radius 2 is 2.00 bits per heavy atom. The van der Waals surface area contributed by atoms with Crippen molar-refractivity contribution < 1.29 is 14.1 Å². The highest BCUT2D eigenvalue weighted by atomic mass is 16.5. The molecule has 1 aromatic heterocycles. The molecule has 1 saturated carbocycles. The Morgan fingerprint density at radius 3 is 2.55 bits per heavy atom. The lowest BCUT2D eigenvalue weighted by molar-refractivity contribution is -0.122. The molecule has 2 rings (SSSR count). The molecule has 1 aromatic rings. The standard InChI is InChI=1S/C15H24N2O3/c1-4-15(5-2,19-3)14-16-13(20-17-14)10-12(18)11-8-6-7-9-11/h11H,4-10H2,1-3H3. The van der Waals surface area contributed by atoms with E-state index in [0.717, 1.165) is 38.5 Å². The minimum atomic E-state index is -0.502. The average Bonchev–Trinajstić information content (AvgIpc) is 3.13. The first-order chi connectivity index (χ1) is 9.65. The summed E-state index contributed by atoms with van der Waals surface area (Å²) >= 11 is 0. The summed E-state index contributed by atoms with van der Waals surface area (Å²) in [6.45, 7) is 4.07. The van der Waals surface area contributed by atoms with Crippen molar-refractivity contribution >= 4 is 5.78 Å². The van der Waals surface area contributed by atoms with Crippen molar-refractivity contribution in [2.75, 3.05) is 7.11 Å². The number of methoxy groups -OCH3 is 1. The Morgan fingerprint density at radius 1 is 1.35 bits per heavy atom. The van der Waals surface area contributed by atoms with Gasteiger partial charge in [-0.1, -0.05) is 31.8 Å². The average molecular weight is 280 g/mol. The van der Waals surface area contributed by atoms with E-state index in [0.29, 0.717) is 11.7 Å². The summed E-state index contributed by atoms with van der Waals surface area (Å²) in [6, 6.07) is 0. The Hall–Kier alpha value is -1.23. The highest BCUT2D eigenvalue weighted by molar-refractivity contribution is 5.82. The van der Waals surface area contributed by atoms with Crippen molar-refractivity contribution in [3.63, 3.8) is 0 Å². The predicted octanol–water partition coefficient (Wildman–Crippen LogP) is 3.03. The summed E-state index contributed by atoms with van der Waals surface area (Å²) in [6.07, 6.45) is 6.13. The molecule has 0 amide bonds. The van der Waals surface area contributed by atoms with Gasteiger partial charge in [0.2, 0.25) is 11.7 Å². The van der Waals surface area contributed by atoms with Crippen molar-refractivity contribution in [3.8, 4) is 0 Å². The third-order valence-corrected chi connectivity index (χ3v) is 4.54. The van der Waals surface area contributed by atoms with E-state index in [1.54, 1.807) is 7.11 Å². The van der Waals surface area contributed by atoms with Crippen molar-refractivity contribution in [1.82, 2.24) is 10.1 Å². The van der Waals surface area contributed by atoms with Crippen LogP contribution in [0, 0.1) is 5.92 Å². The molecule has 5 heteroatoms. The van der Waals surface area contributed by atoms with Gasteiger partial charge in [-0.25, -0.2) is 0 Å². The molecular formula is C15H24N2O3. The Labute approximate surface area is 120 Å². The van der Waals surface area contributed by atoms with E-state index < -0.39 is 5.60 Å². The third-order valence-electron chi connectivity index (χ3n) is 4.54. The summed E-state index contributed by atoms with van der Waals surface area (Å²) in [7, 11) is 1.66. The minimum absolute atomic E-state index is 0.190. The van der Waals surface area contributed by atoms with E-state index >= 15 is 0 Å². The molecule has 0 aliphatic heterocycles. The summed E-state index contributed by atoms with van der Waals surface area (Å²) in [5.74, 6) is 1.39. The van der Waals surface area contributed by atoms with E-state index in [2.05, 4.69) is 10.1 Å². The highest BCUT2D eigenvalue weighted by Crippen LogP contribution is 2.30. The van der Waals surface area contributed by atoms with Gasteiger partial charge in [0.15, 0.2) is 0 Å². The van der Waals surface area contributed by atoms with Crippen molar-refractivity contribution in [2.45, 2.75) is 64.4 Å². The van der Waals surface area contributed by atoms with Gasteiger partial charge in [-0.3, -0.25) is 4.79 Å². The summed E-state index contributed by atoms with van der Waals surface area (Å²) in [5, 5.41) is 4.02. The maximum absolute atomic E-state index is 12.1. The second-order valence-electron chi connectivity index (χ2n) is 5.54. The minimum Gasteiger partial charge on any atom is -0.370 e. The van der Waals surface area contributed by atoms with Gasteiger partial charge in [-0.2, -0.15) is 4.98 Å². The van der Waals surface area contributed by atoms with E-state index in [-0.39, 0.29) is 18.1 Å². The Balaban J connectivity index is 2.06. The zero-order chi connectivity index (χ0) is 14.6. The van der Waals surface area contributed by atoms with Crippen LogP contribution in [-0.2, 0) is 21.6 Å². The predicted molar refractivity (Wildman–Crippen MR) is 74.2 cm³/mol. The van der Waals surface area contributed by atoms with Crippen molar-refractivity contribution in [2.24, 2.45) is 5.92 Å². The number of rotatable bonds is 7. The number of aromatic nitrogens is 2. The van der Waals surface area contributed by atoms with E-state index in [1.165, 1.54) is 0 Å². The lowest BCUT2D eigenvalue weighted by atomic mass is 9.96. The van der Waals surface area contributed by atoms with Crippen molar-refractivity contribution in [1.29, 1.82) is 0 Å². The normalized spacial score (nSPS) is 16.8. The molecule has 20 heavy (non-hydrogen) atoms. The van der Waals surface area contributed by atoms with Crippen LogP contribution < -0.4 is 0 Å². The fourth-order valence-electron chi connectivity index (χ4n) is 3.00. The van der Waals surface area contributed by atoms with Crippen molar-refractivity contribution in [3.05, 3.63) is 11.7 Å². The summed E-state index contributed by atoms with van der Waals surface area (Å²) in [4.78, 5) is 16.5. The third kappa shape index (κ3) is 2.92. The van der Waals surface area contributed by atoms with Gasteiger partial charge in [-0.15, -0.1) is 0 Å². The Kier molecular flexibility index (Phi) is 4.91. The van der Waals surface area contributed by atoms with E-state index in [4.69, 9.17) is 9.26 Å². The number of ether oxygens (including phenoxy) is 1. The van der Waals surface area contributed by atoms with Crippen LogP contribution >= 0.6 is 0 Å². The number of carbonyl (C=O) groups is 1. The summed E-state index contributed by atoms with van der Waals surface area (Å²) < 4.78 is 10.8. The number of Topliss-reactive ketones (excluding diaryl/α,β-unsaturated/α-hetero) is 1. The molecule has 0 N–H and O–H groups in total. The second kappa shape index (κ2) is 6.48. The highest BCUT2D eigenvalue weighted by Gasteiger charge is 2.34. The summed E-state index contributed by atoms with van der Waals surface area (Å²) in [5.41, 5.74) is -0.502. The fourth-order valence-corrected chi connectivity index (χ4v) is 3.00. The molecule has 5 nitrogen and oxygen atoms in total. The SMILES string of the molecule is CCC(CC)(OC)c1noc(CC(=O)C2CCCC2)n1. The molecule has 0 saturated heterocycles. The smallest absolute Gasteiger partial charge is 0.234 e. The molecule has 0 aromatic carbocycles. The maximum atomic E-state index is 12.1. The Bertz CT molecular complexity index is 437. The molecule has 0 atom stereocenters. The monoisotopic (exact) mass is 280 g/mol. The first kappa shape index (κ1) is 15.2. The first-order valence-corrected chi connectivity index (χ1v) is 7.56. The topological polar surface area (TPSA) is 65.2 Å². The van der Waals surface area contributed by atoms with Gasteiger partial charge in [0, 0.05) is 13.0 Å². The van der Waals surface area contributed by atoms with Gasteiger partial charge >= 0.3 is 0 Å². The number of carbonyl (C=O) groups excluding carboxylic acids is 1. The molecule has 1 fully saturated rings. The molecule has 0 bridgehead atoms. The van der Waals surface area contributed by atoms with Gasteiger partial charge in [0.1, 0.15) is 11.4 Å². The number of ketones is 1. The van der Waals surface area contributed by atoms with Gasteiger partial charge < -0.3 is 9.26 Å². The molecule has 112 valence electrons. The van der Waals surface area contributed by atoms with E-state index in [9.17, 15) is 4.79 Å². The number of hydrogen-bond donors (Lipinski definition) is 0. The molecule has 1 heterocycles. The molecule has 0 spiro atoms. The lowest BCUT2D eigenvalue weighted by Crippen LogP contribution is -2.28. The molecule has 0 radical (unpaired) electrons. The molecule has 1 aliphatic carbocycles. The zero-order valence-corrected chi connectivity index (χ0v) is 12.6. The second-order valence-corrected chi connectivity index (χ2v) is 5.54. The van der Waals surface area contributed by atoms with Crippen LogP contribution in [0.4, 0.5) is 0 Å². The molecular weight excluding hydrogens is 256 g/mol. The first-order valence-electron chi connectivity index (χ1n) is 7.56. The van der Waals surface area contributed by atoms with Gasteiger partial charge in [0.05, 0.1) is 6.42 Å². The molecule has 0 unspecified atom stereocenters. The van der Waals surface area contributed by atoms with E-state index in [1.807, 2.05) is 13.8 Å². The molecule has 1 aliphatic rings. The number of hydrogen-bond acceptors (Lipinski definition) is 5. The largest absolute Gasteiger partial charge is 0.370 e.